The maximum Gasteiger partial charge on any atom is 0.0640 e. The minimum absolute atomic E-state index is 0.554. The first-order valence-corrected chi connectivity index (χ1v) is 4.87. The number of nitrogens with one attached hydrogen (secondary N) is 2. The summed E-state index contributed by atoms with van der Waals surface area (Å²) in [7, 11) is 1.97. The third kappa shape index (κ3) is 1.52. The van der Waals surface area contributed by atoms with E-state index in [1.54, 1.807) is 0 Å². The second-order valence-corrected chi connectivity index (χ2v) is 3.75. The van der Waals surface area contributed by atoms with Crippen molar-refractivity contribution in [1.29, 1.82) is 0 Å². The standard InChI is InChI=1S/C10H13ClN2/c1-12-5-7-6-13-10-8(7)3-2-4-9(10)11/h2-4,7,12-13H,5-6H2,1H3. The molecule has 70 valence electrons. The predicted molar refractivity (Wildman–Crippen MR) is 56.6 cm³/mol. The van der Waals surface area contributed by atoms with Gasteiger partial charge in [0.25, 0.3) is 0 Å². The molecule has 1 aromatic rings. The molecule has 1 heterocycles. The van der Waals surface area contributed by atoms with Crippen molar-refractivity contribution in [3.8, 4) is 0 Å². The normalized spacial score (nSPS) is 19.7. The van der Waals surface area contributed by atoms with E-state index in [1.807, 2.05) is 19.2 Å². The van der Waals surface area contributed by atoms with Crippen LogP contribution in [-0.4, -0.2) is 20.1 Å². The highest BCUT2D eigenvalue weighted by Gasteiger charge is 2.22. The zero-order chi connectivity index (χ0) is 9.26. The summed E-state index contributed by atoms with van der Waals surface area (Å²) < 4.78 is 0. The van der Waals surface area contributed by atoms with Gasteiger partial charge in [0.15, 0.2) is 0 Å². The van der Waals surface area contributed by atoms with Crippen LogP contribution in [0.1, 0.15) is 11.5 Å². The van der Waals surface area contributed by atoms with Crippen LogP contribution in [0.25, 0.3) is 0 Å². The van der Waals surface area contributed by atoms with Gasteiger partial charge in [0, 0.05) is 19.0 Å². The largest absolute Gasteiger partial charge is 0.383 e. The molecule has 0 radical (unpaired) electrons. The van der Waals surface area contributed by atoms with Crippen LogP contribution in [0.4, 0.5) is 5.69 Å². The Morgan fingerprint density at radius 3 is 3.23 bits per heavy atom. The second-order valence-electron chi connectivity index (χ2n) is 3.34. The van der Waals surface area contributed by atoms with E-state index in [9.17, 15) is 0 Å². The molecule has 0 amide bonds. The van der Waals surface area contributed by atoms with E-state index in [2.05, 4.69) is 16.7 Å². The summed E-state index contributed by atoms with van der Waals surface area (Å²) in [5.74, 6) is 0.554. The van der Waals surface area contributed by atoms with Crippen LogP contribution < -0.4 is 10.6 Å². The third-order valence-electron chi connectivity index (χ3n) is 2.46. The topological polar surface area (TPSA) is 24.1 Å². The number of fused-ring (bicyclic) bond motifs is 1. The number of anilines is 1. The second kappa shape index (κ2) is 3.56. The summed E-state index contributed by atoms with van der Waals surface area (Å²) in [6.07, 6.45) is 0. The van der Waals surface area contributed by atoms with Gasteiger partial charge in [0.1, 0.15) is 0 Å². The van der Waals surface area contributed by atoms with E-state index in [0.29, 0.717) is 5.92 Å². The minimum Gasteiger partial charge on any atom is -0.383 e. The fourth-order valence-electron chi connectivity index (χ4n) is 1.83. The van der Waals surface area contributed by atoms with Crippen molar-refractivity contribution in [3.05, 3.63) is 28.8 Å². The molecular formula is C10H13ClN2. The molecule has 1 unspecified atom stereocenters. The fraction of sp³-hybridized carbons (Fsp3) is 0.400. The molecule has 1 aliphatic rings. The highest BCUT2D eigenvalue weighted by Crippen LogP contribution is 2.36. The molecule has 2 N–H and O–H groups in total. The van der Waals surface area contributed by atoms with E-state index in [-0.39, 0.29) is 0 Å². The van der Waals surface area contributed by atoms with E-state index < -0.39 is 0 Å². The minimum atomic E-state index is 0.554. The summed E-state index contributed by atoms with van der Waals surface area (Å²) in [5.41, 5.74) is 2.45. The number of hydrogen-bond acceptors (Lipinski definition) is 2. The van der Waals surface area contributed by atoms with Crippen molar-refractivity contribution in [1.82, 2.24) is 5.32 Å². The third-order valence-corrected chi connectivity index (χ3v) is 2.78. The Hall–Kier alpha value is -0.730. The zero-order valence-corrected chi connectivity index (χ0v) is 8.36. The van der Waals surface area contributed by atoms with Crippen molar-refractivity contribution >= 4 is 17.3 Å². The van der Waals surface area contributed by atoms with Crippen LogP contribution in [-0.2, 0) is 0 Å². The van der Waals surface area contributed by atoms with E-state index in [1.165, 1.54) is 5.56 Å². The zero-order valence-electron chi connectivity index (χ0n) is 7.60. The molecule has 1 aliphatic heterocycles. The molecule has 0 spiro atoms. The predicted octanol–water partition coefficient (Wildman–Crippen LogP) is 2.07. The molecule has 1 atom stereocenters. The lowest BCUT2D eigenvalue weighted by Crippen LogP contribution is -2.18. The number of para-hydroxylation sites is 1. The molecule has 0 saturated carbocycles. The van der Waals surface area contributed by atoms with Gasteiger partial charge in [-0.1, -0.05) is 23.7 Å². The Balaban J connectivity index is 2.32. The maximum absolute atomic E-state index is 6.05. The van der Waals surface area contributed by atoms with E-state index in [4.69, 9.17) is 11.6 Å². The molecular weight excluding hydrogens is 184 g/mol. The van der Waals surface area contributed by atoms with Crippen LogP contribution in [0.3, 0.4) is 0 Å². The SMILES string of the molecule is CNCC1CNc2c(Cl)cccc21. The van der Waals surface area contributed by atoms with E-state index in [0.717, 1.165) is 23.8 Å². The molecule has 0 saturated heterocycles. The molecule has 0 aliphatic carbocycles. The highest BCUT2D eigenvalue weighted by atomic mass is 35.5. The van der Waals surface area contributed by atoms with Gasteiger partial charge < -0.3 is 10.6 Å². The molecule has 3 heteroatoms. The average molecular weight is 197 g/mol. The van der Waals surface area contributed by atoms with Crippen molar-refractivity contribution in [2.45, 2.75) is 5.92 Å². The van der Waals surface area contributed by atoms with Crippen molar-refractivity contribution in [2.75, 3.05) is 25.5 Å². The number of rotatable bonds is 2. The Bertz CT molecular complexity index is 312. The first kappa shape index (κ1) is 8.85. The monoisotopic (exact) mass is 196 g/mol. The Morgan fingerprint density at radius 2 is 2.46 bits per heavy atom. The lowest BCUT2D eigenvalue weighted by atomic mass is 10.0. The van der Waals surface area contributed by atoms with Gasteiger partial charge in [-0.25, -0.2) is 0 Å². The molecule has 0 bridgehead atoms. The smallest absolute Gasteiger partial charge is 0.0640 e. The molecule has 0 aromatic heterocycles. The fourth-order valence-corrected chi connectivity index (χ4v) is 2.08. The van der Waals surface area contributed by atoms with Crippen LogP contribution in [0, 0.1) is 0 Å². The average Bonchev–Trinajstić information content (AvgIpc) is 2.51. The quantitative estimate of drug-likeness (QED) is 0.757. The van der Waals surface area contributed by atoms with Gasteiger partial charge >= 0.3 is 0 Å². The molecule has 0 fully saturated rings. The van der Waals surface area contributed by atoms with E-state index >= 15 is 0 Å². The van der Waals surface area contributed by atoms with Crippen molar-refractivity contribution in [2.24, 2.45) is 0 Å². The summed E-state index contributed by atoms with van der Waals surface area (Å²) in [4.78, 5) is 0. The first-order chi connectivity index (χ1) is 6.33. The Morgan fingerprint density at radius 1 is 1.62 bits per heavy atom. The van der Waals surface area contributed by atoms with Gasteiger partial charge in [-0.3, -0.25) is 0 Å². The first-order valence-electron chi connectivity index (χ1n) is 4.50. The molecule has 2 rings (SSSR count). The summed E-state index contributed by atoms with van der Waals surface area (Å²) in [5, 5.41) is 7.35. The van der Waals surface area contributed by atoms with Crippen LogP contribution in [0.15, 0.2) is 18.2 Å². The number of hydrogen-bond donors (Lipinski definition) is 2. The van der Waals surface area contributed by atoms with Gasteiger partial charge in [-0.2, -0.15) is 0 Å². The molecule has 2 nitrogen and oxygen atoms in total. The van der Waals surface area contributed by atoms with Gasteiger partial charge in [-0.05, 0) is 18.7 Å². The lowest BCUT2D eigenvalue weighted by molar-refractivity contribution is 0.674. The van der Waals surface area contributed by atoms with Crippen LogP contribution >= 0.6 is 11.6 Å². The van der Waals surface area contributed by atoms with Gasteiger partial charge in [-0.15, -0.1) is 0 Å². The number of likely N-dealkylation sites (N-methyl/N-ethyl adjacent to an activating group) is 1. The molecule has 1 aromatic carbocycles. The van der Waals surface area contributed by atoms with Crippen LogP contribution in [0.5, 0.6) is 0 Å². The van der Waals surface area contributed by atoms with Crippen molar-refractivity contribution in [3.63, 3.8) is 0 Å². The van der Waals surface area contributed by atoms with Crippen molar-refractivity contribution < 1.29 is 0 Å². The highest BCUT2D eigenvalue weighted by molar-refractivity contribution is 6.33. The lowest BCUT2D eigenvalue weighted by Gasteiger charge is -2.08. The summed E-state index contributed by atoms with van der Waals surface area (Å²) in [6, 6.07) is 6.08. The maximum atomic E-state index is 6.05. The number of benzene rings is 1. The molecule has 13 heavy (non-hydrogen) atoms. The van der Waals surface area contributed by atoms with Crippen LogP contribution in [0.2, 0.25) is 5.02 Å². The Kier molecular flexibility index (Phi) is 2.42. The Labute approximate surface area is 83.3 Å². The van der Waals surface area contributed by atoms with Gasteiger partial charge in [0.2, 0.25) is 0 Å². The summed E-state index contributed by atoms with van der Waals surface area (Å²) in [6.45, 7) is 1.99. The van der Waals surface area contributed by atoms with Gasteiger partial charge in [0.05, 0.1) is 10.7 Å². The number of halogens is 1. The summed E-state index contributed by atoms with van der Waals surface area (Å²) >= 11 is 6.05.